The summed E-state index contributed by atoms with van der Waals surface area (Å²) in [5, 5.41) is 19.4. The van der Waals surface area contributed by atoms with Gasteiger partial charge < -0.3 is 0 Å². The average Bonchev–Trinajstić information content (AvgIpc) is 3.29. The van der Waals surface area contributed by atoms with Crippen LogP contribution >= 0.6 is 0 Å². The molecule has 4 heteroatoms. The summed E-state index contributed by atoms with van der Waals surface area (Å²) in [6.45, 7) is 24.2. The maximum absolute atomic E-state index is 9.69. The van der Waals surface area contributed by atoms with Gasteiger partial charge in [0.1, 0.15) is 0 Å². The lowest BCUT2D eigenvalue weighted by Gasteiger charge is -2.41. The summed E-state index contributed by atoms with van der Waals surface area (Å²) in [5.74, 6) is 3.50. The van der Waals surface area contributed by atoms with Crippen molar-refractivity contribution in [1.82, 2.24) is 0 Å². The third-order valence-electron chi connectivity index (χ3n) is 7.71. The summed E-state index contributed by atoms with van der Waals surface area (Å²) in [7, 11) is 0. The number of rotatable bonds is 2. The van der Waals surface area contributed by atoms with Crippen molar-refractivity contribution in [3.8, 4) is 12.1 Å². The van der Waals surface area contributed by atoms with Crippen LogP contribution in [-0.4, -0.2) is 0 Å². The van der Waals surface area contributed by atoms with Crippen molar-refractivity contribution in [2.75, 3.05) is 0 Å². The number of hydrogen-bond acceptors (Lipinski definition) is 2. The van der Waals surface area contributed by atoms with E-state index in [4.69, 9.17) is 13.1 Å². The third kappa shape index (κ3) is 3.13. The largest absolute Gasteiger partial charge is 0.264 e. The van der Waals surface area contributed by atoms with E-state index < -0.39 is 0 Å². The van der Waals surface area contributed by atoms with E-state index in [1.54, 1.807) is 0 Å². The van der Waals surface area contributed by atoms with Crippen LogP contribution in [0, 0.1) is 83.1 Å². The molecule has 0 N–H and O–H groups in total. The Bertz CT molecular complexity index is 772. The Balaban J connectivity index is 2.24. The Labute approximate surface area is 169 Å². The maximum Gasteiger partial charge on any atom is 0.264 e. The fourth-order valence-corrected chi connectivity index (χ4v) is 6.22. The maximum atomic E-state index is 9.69. The molecule has 0 spiro atoms. The molecule has 28 heavy (non-hydrogen) atoms. The second-order valence-corrected chi connectivity index (χ2v) is 9.46. The van der Waals surface area contributed by atoms with Crippen LogP contribution in [0.4, 0.5) is 0 Å². The van der Waals surface area contributed by atoms with Crippen LogP contribution in [-0.2, 0) is 0 Å². The van der Waals surface area contributed by atoms with Gasteiger partial charge in [0.2, 0.25) is 0 Å². The lowest BCUT2D eigenvalue weighted by molar-refractivity contribution is 0.213. The molecule has 6 atom stereocenters. The molecule has 4 nitrogen and oxygen atoms in total. The summed E-state index contributed by atoms with van der Waals surface area (Å²) in [5.41, 5.74) is 1.72. The van der Waals surface area contributed by atoms with Crippen molar-refractivity contribution in [2.24, 2.45) is 47.3 Å². The second-order valence-electron chi connectivity index (χ2n) is 9.46. The Morgan fingerprint density at radius 3 is 1.39 bits per heavy atom. The molecule has 6 unspecified atom stereocenters. The van der Waals surface area contributed by atoms with Crippen LogP contribution in [0.2, 0.25) is 0 Å². The summed E-state index contributed by atoms with van der Waals surface area (Å²) < 4.78 is 0. The Kier molecular flexibility index (Phi) is 5.64. The molecule has 0 saturated heterocycles. The molecule has 3 fully saturated rings. The van der Waals surface area contributed by atoms with Gasteiger partial charge in [0.05, 0.1) is 25.3 Å². The molecule has 3 rings (SSSR count). The van der Waals surface area contributed by atoms with Gasteiger partial charge in [-0.3, -0.25) is 0 Å². The molecule has 3 saturated carbocycles. The van der Waals surface area contributed by atoms with E-state index >= 15 is 0 Å². The van der Waals surface area contributed by atoms with Crippen LogP contribution in [0.1, 0.15) is 53.4 Å². The normalized spacial score (nSPS) is 37.4. The highest BCUT2D eigenvalue weighted by Crippen LogP contribution is 2.62. The van der Waals surface area contributed by atoms with Crippen molar-refractivity contribution in [2.45, 2.75) is 53.4 Å². The first-order valence-electron chi connectivity index (χ1n) is 10.4. The zero-order chi connectivity index (χ0) is 20.6. The number of nitrogens with zero attached hydrogens (tertiary/aromatic N) is 4. The first kappa shape index (κ1) is 20.2. The van der Waals surface area contributed by atoms with Crippen LogP contribution in [0.25, 0.3) is 9.69 Å². The van der Waals surface area contributed by atoms with Gasteiger partial charge in [-0.05, 0) is 84.2 Å². The van der Waals surface area contributed by atoms with E-state index in [1.165, 1.54) is 0 Å². The molecule has 0 heterocycles. The van der Waals surface area contributed by atoms with E-state index in [0.29, 0.717) is 35.5 Å². The van der Waals surface area contributed by atoms with E-state index in [-0.39, 0.29) is 23.2 Å². The smallest absolute Gasteiger partial charge is 0.226 e. The molecule has 0 aliphatic heterocycles. The fraction of sp³-hybridized carbons (Fsp3) is 0.667. The van der Waals surface area contributed by atoms with E-state index in [2.05, 4.69) is 49.5 Å². The van der Waals surface area contributed by atoms with Gasteiger partial charge in [0.25, 0.3) is 11.4 Å². The molecule has 0 aromatic carbocycles. The number of allylic oxidation sites excluding steroid dienone is 4. The molecule has 0 aromatic heterocycles. The van der Waals surface area contributed by atoms with Crippen molar-refractivity contribution in [3.05, 3.63) is 45.4 Å². The van der Waals surface area contributed by atoms with Gasteiger partial charge in [0, 0.05) is 0 Å². The van der Waals surface area contributed by atoms with Crippen LogP contribution < -0.4 is 0 Å². The van der Waals surface area contributed by atoms with Crippen LogP contribution in [0.15, 0.2) is 22.5 Å². The van der Waals surface area contributed by atoms with Crippen molar-refractivity contribution < 1.29 is 0 Å². The summed E-state index contributed by atoms with van der Waals surface area (Å²) in [6.07, 6.45) is 4.21. The number of nitriles is 2. The average molecular weight is 373 g/mol. The molecule has 3 aliphatic rings. The highest BCUT2D eigenvalue weighted by Gasteiger charge is 2.54. The lowest BCUT2D eigenvalue weighted by atomic mass is 9.63. The molecule has 0 bridgehead atoms. The number of fused-ring (bicyclic) bond motifs is 3. The van der Waals surface area contributed by atoms with Gasteiger partial charge in [0.15, 0.2) is 0 Å². The van der Waals surface area contributed by atoms with Gasteiger partial charge in [-0.2, -0.15) is 0 Å². The Hall–Kier alpha value is -2.56. The topological polar surface area (TPSA) is 56.3 Å². The minimum atomic E-state index is 0.109. The molecule has 0 aromatic rings. The van der Waals surface area contributed by atoms with Gasteiger partial charge in [-0.25, -0.2) is 20.2 Å². The van der Waals surface area contributed by atoms with E-state index in [1.807, 2.05) is 0 Å². The highest BCUT2D eigenvalue weighted by molar-refractivity contribution is 5.56. The molecule has 0 radical (unpaired) electrons. The third-order valence-corrected chi connectivity index (χ3v) is 7.71. The Morgan fingerprint density at radius 2 is 1.14 bits per heavy atom. The SMILES string of the molecule is [C-]#[N+]/C(C#N)=C1\C(=C(/C#N)[N+]#[C-])C2CC(C(C)C)CC2C2CC(C(C)C)CC12. The fourth-order valence-electron chi connectivity index (χ4n) is 6.22. The van der Waals surface area contributed by atoms with E-state index in [0.717, 1.165) is 36.8 Å². The molecular weight excluding hydrogens is 344 g/mol. The summed E-state index contributed by atoms with van der Waals surface area (Å²) >= 11 is 0. The first-order valence-corrected chi connectivity index (χ1v) is 10.4. The van der Waals surface area contributed by atoms with Gasteiger partial charge >= 0.3 is 0 Å². The monoisotopic (exact) mass is 372 g/mol. The molecule has 3 aliphatic carbocycles. The first-order chi connectivity index (χ1) is 13.4. The van der Waals surface area contributed by atoms with Crippen LogP contribution in [0.3, 0.4) is 0 Å². The number of hydrogen-bond donors (Lipinski definition) is 0. The lowest BCUT2D eigenvalue weighted by Crippen LogP contribution is -2.33. The molecular formula is C24H28N4. The van der Waals surface area contributed by atoms with Gasteiger partial charge in [-0.15, -0.1) is 0 Å². The summed E-state index contributed by atoms with van der Waals surface area (Å²) in [4.78, 5) is 7.10. The Morgan fingerprint density at radius 1 is 0.786 bits per heavy atom. The van der Waals surface area contributed by atoms with Gasteiger partial charge in [-0.1, -0.05) is 27.7 Å². The second kappa shape index (κ2) is 7.82. The van der Waals surface area contributed by atoms with Crippen LogP contribution in [0.5, 0.6) is 0 Å². The van der Waals surface area contributed by atoms with Crippen molar-refractivity contribution in [3.63, 3.8) is 0 Å². The molecule has 0 amide bonds. The van der Waals surface area contributed by atoms with E-state index in [9.17, 15) is 10.5 Å². The predicted octanol–water partition coefficient (Wildman–Crippen LogP) is 5.99. The highest BCUT2D eigenvalue weighted by atomic mass is 14.7. The zero-order valence-electron chi connectivity index (χ0n) is 17.2. The minimum absolute atomic E-state index is 0.109. The summed E-state index contributed by atoms with van der Waals surface area (Å²) in [6, 6.07) is 4.21. The zero-order valence-corrected chi connectivity index (χ0v) is 17.2. The van der Waals surface area contributed by atoms with Crippen molar-refractivity contribution >= 4 is 0 Å². The minimum Gasteiger partial charge on any atom is -0.226 e. The standard InChI is InChI=1S/C24H28N4/c1-13(2)15-7-17-18-8-16(14(3)4)10-20(18)24(22(12-26)28-6)23(19(17)9-15)21(11-25)27-5/h13-20H,7-10H2,1-4H3/b23-21-,24-22+. The van der Waals surface area contributed by atoms with Crippen molar-refractivity contribution in [1.29, 1.82) is 10.5 Å². The quantitative estimate of drug-likeness (QED) is 0.441. The predicted molar refractivity (Wildman–Crippen MR) is 108 cm³/mol. The molecule has 144 valence electrons.